The number of hydrogen-bond acceptors (Lipinski definition) is 1. The van der Waals surface area contributed by atoms with E-state index < -0.39 is 0 Å². The van der Waals surface area contributed by atoms with E-state index >= 15 is 0 Å². The predicted octanol–water partition coefficient (Wildman–Crippen LogP) is 5.35. The van der Waals surface area contributed by atoms with Gasteiger partial charge in [0.1, 0.15) is 0 Å². The molecule has 1 aromatic carbocycles. The summed E-state index contributed by atoms with van der Waals surface area (Å²) in [5, 5.41) is 1.42. The van der Waals surface area contributed by atoms with Crippen molar-refractivity contribution in [2.45, 2.75) is 51.5 Å². The molecular formula is C14H21Cl2N. The van der Waals surface area contributed by atoms with Gasteiger partial charge in [-0.2, -0.15) is 0 Å². The second-order valence-corrected chi connectivity index (χ2v) is 5.32. The van der Waals surface area contributed by atoms with Crippen molar-refractivity contribution in [2.75, 3.05) is 0 Å². The van der Waals surface area contributed by atoms with Gasteiger partial charge in [-0.3, -0.25) is 0 Å². The van der Waals surface area contributed by atoms with Crippen molar-refractivity contribution < 1.29 is 0 Å². The maximum absolute atomic E-state index is 6.14. The fourth-order valence-corrected chi connectivity index (χ4v) is 2.36. The molecule has 0 saturated heterocycles. The summed E-state index contributed by atoms with van der Waals surface area (Å²) in [4.78, 5) is 0. The average Bonchev–Trinajstić information content (AvgIpc) is 2.32. The van der Waals surface area contributed by atoms with Crippen LogP contribution in [0.3, 0.4) is 0 Å². The number of nitrogens with two attached hydrogens (primary N) is 1. The van der Waals surface area contributed by atoms with E-state index in [4.69, 9.17) is 28.9 Å². The van der Waals surface area contributed by atoms with E-state index in [2.05, 4.69) is 6.92 Å². The summed E-state index contributed by atoms with van der Waals surface area (Å²) < 4.78 is 0. The third kappa shape index (κ3) is 5.29. The van der Waals surface area contributed by atoms with Gasteiger partial charge >= 0.3 is 0 Å². The van der Waals surface area contributed by atoms with Gasteiger partial charge in [0, 0.05) is 16.1 Å². The number of benzene rings is 1. The Morgan fingerprint density at radius 2 is 1.82 bits per heavy atom. The number of rotatable bonds is 7. The van der Waals surface area contributed by atoms with Crippen LogP contribution in [-0.4, -0.2) is 0 Å². The topological polar surface area (TPSA) is 26.0 Å². The molecule has 0 spiro atoms. The van der Waals surface area contributed by atoms with Crippen LogP contribution in [0.5, 0.6) is 0 Å². The van der Waals surface area contributed by atoms with E-state index in [0.29, 0.717) is 5.02 Å². The van der Waals surface area contributed by atoms with Crippen LogP contribution in [0.1, 0.15) is 57.1 Å². The van der Waals surface area contributed by atoms with Gasteiger partial charge in [0.15, 0.2) is 0 Å². The van der Waals surface area contributed by atoms with Crippen LogP contribution in [-0.2, 0) is 0 Å². The minimum Gasteiger partial charge on any atom is -0.324 e. The summed E-state index contributed by atoms with van der Waals surface area (Å²) in [6.45, 7) is 2.22. The number of unbranched alkanes of at least 4 members (excludes halogenated alkanes) is 4. The normalized spacial score (nSPS) is 12.7. The van der Waals surface area contributed by atoms with Crippen molar-refractivity contribution >= 4 is 23.2 Å². The lowest BCUT2D eigenvalue weighted by Crippen LogP contribution is -2.10. The molecule has 1 atom stereocenters. The fraction of sp³-hybridized carbons (Fsp3) is 0.571. The highest BCUT2D eigenvalue weighted by Gasteiger charge is 2.10. The molecule has 3 heteroatoms. The molecule has 17 heavy (non-hydrogen) atoms. The van der Waals surface area contributed by atoms with E-state index in [-0.39, 0.29) is 6.04 Å². The molecule has 0 aromatic heterocycles. The highest BCUT2D eigenvalue weighted by atomic mass is 35.5. The maximum Gasteiger partial charge on any atom is 0.0454 e. The first kappa shape index (κ1) is 14.8. The van der Waals surface area contributed by atoms with E-state index in [0.717, 1.165) is 23.4 Å². The van der Waals surface area contributed by atoms with Gasteiger partial charge in [-0.1, -0.05) is 62.2 Å². The second kappa shape index (κ2) is 7.97. The summed E-state index contributed by atoms with van der Waals surface area (Å²) in [6, 6.07) is 5.49. The molecule has 0 aliphatic rings. The first-order chi connectivity index (χ1) is 8.15. The van der Waals surface area contributed by atoms with Gasteiger partial charge in [-0.15, -0.1) is 0 Å². The lowest BCUT2D eigenvalue weighted by atomic mass is 10.0. The standard InChI is InChI=1S/C14H21Cl2N/c1-2-3-4-5-6-7-14(17)12-10-11(15)8-9-13(12)16/h8-10,14H,2-7,17H2,1H3. The molecule has 0 bridgehead atoms. The molecule has 1 rings (SSSR count). The minimum absolute atomic E-state index is 0.00262. The first-order valence-corrected chi connectivity index (χ1v) is 7.11. The summed E-state index contributed by atoms with van der Waals surface area (Å²) in [6.07, 6.45) is 7.26. The molecular weight excluding hydrogens is 253 g/mol. The summed E-state index contributed by atoms with van der Waals surface area (Å²) in [5.41, 5.74) is 7.10. The van der Waals surface area contributed by atoms with Crippen LogP contribution >= 0.6 is 23.2 Å². The first-order valence-electron chi connectivity index (χ1n) is 6.35. The highest BCUT2D eigenvalue weighted by molar-refractivity contribution is 6.33. The van der Waals surface area contributed by atoms with Crippen molar-refractivity contribution in [3.05, 3.63) is 33.8 Å². The summed E-state index contributed by atoms with van der Waals surface area (Å²) in [5.74, 6) is 0. The van der Waals surface area contributed by atoms with E-state index in [9.17, 15) is 0 Å². The molecule has 96 valence electrons. The molecule has 0 aliphatic heterocycles. The Bertz CT molecular complexity index is 339. The Hall–Kier alpha value is -0.240. The van der Waals surface area contributed by atoms with Crippen LogP contribution in [0.25, 0.3) is 0 Å². The van der Waals surface area contributed by atoms with Crippen molar-refractivity contribution in [2.24, 2.45) is 5.73 Å². The lowest BCUT2D eigenvalue weighted by molar-refractivity contribution is 0.555. The molecule has 0 aliphatic carbocycles. The quantitative estimate of drug-likeness (QED) is 0.666. The summed E-state index contributed by atoms with van der Waals surface area (Å²) >= 11 is 12.1. The maximum atomic E-state index is 6.14. The lowest BCUT2D eigenvalue weighted by Gasteiger charge is -2.14. The Kier molecular flexibility index (Phi) is 6.94. The number of hydrogen-bond donors (Lipinski definition) is 1. The van der Waals surface area contributed by atoms with Crippen molar-refractivity contribution in [1.29, 1.82) is 0 Å². The zero-order valence-electron chi connectivity index (χ0n) is 10.4. The fourth-order valence-electron chi connectivity index (χ4n) is 1.92. The van der Waals surface area contributed by atoms with Gasteiger partial charge in [-0.05, 0) is 30.2 Å². The molecule has 0 heterocycles. The van der Waals surface area contributed by atoms with Crippen LogP contribution in [0.4, 0.5) is 0 Å². The Balaban J connectivity index is 2.41. The minimum atomic E-state index is 0.00262. The van der Waals surface area contributed by atoms with Crippen LogP contribution in [0.2, 0.25) is 10.0 Å². The molecule has 1 nitrogen and oxygen atoms in total. The van der Waals surface area contributed by atoms with Crippen molar-refractivity contribution in [3.8, 4) is 0 Å². The molecule has 0 fully saturated rings. The third-order valence-corrected chi connectivity index (χ3v) is 3.56. The summed E-state index contributed by atoms with van der Waals surface area (Å²) in [7, 11) is 0. The molecule has 2 N–H and O–H groups in total. The van der Waals surface area contributed by atoms with Gasteiger partial charge < -0.3 is 5.73 Å². The average molecular weight is 274 g/mol. The number of halogens is 2. The smallest absolute Gasteiger partial charge is 0.0454 e. The monoisotopic (exact) mass is 273 g/mol. The van der Waals surface area contributed by atoms with Crippen molar-refractivity contribution in [3.63, 3.8) is 0 Å². The molecule has 0 amide bonds. The molecule has 0 saturated carbocycles. The Morgan fingerprint density at radius 3 is 2.53 bits per heavy atom. The second-order valence-electron chi connectivity index (χ2n) is 4.48. The van der Waals surface area contributed by atoms with Crippen LogP contribution in [0.15, 0.2) is 18.2 Å². The van der Waals surface area contributed by atoms with E-state index in [1.54, 1.807) is 6.07 Å². The van der Waals surface area contributed by atoms with E-state index in [1.807, 2.05) is 12.1 Å². The van der Waals surface area contributed by atoms with Crippen molar-refractivity contribution in [1.82, 2.24) is 0 Å². The SMILES string of the molecule is CCCCCCCC(N)c1cc(Cl)ccc1Cl. The zero-order valence-corrected chi connectivity index (χ0v) is 11.9. The van der Waals surface area contributed by atoms with Gasteiger partial charge in [0.05, 0.1) is 0 Å². The Morgan fingerprint density at radius 1 is 1.12 bits per heavy atom. The van der Waals surface area contributed by atoms with Crippen LogP contribution in [0, 0.1) is 0 Å². The molecule has 1 unspecified atom stereocenters. The molecule has 1 aromatic rings. The van der Waals surface area contributed by atoms with Gasteiger partial charge in [0.2, 0.25) is 0 Å². The van der Waals surface area contributed by atoms with E-state index in [1.165, 1.54) is 25.7 Å². The largest absolute Gasteiger partial charge is 0.324 e. The highest BCUT2D eigenvalue weighted by Crippen LogP contribution is 2.28. The van der Waals surface area contributed by atoms with Gasteiger partial charge in [-0.25, -0.2) is 0 Å². The van der Waals surface area contributed by atoms with Gasteiger partial charge in [0.25, 0.3) is 0 Å². The third-order valence-electron chi connectivity index (χ3n) is 2.98. The predicted molar refractivity (Wildman–Crippen MR) is 76.8 cm³/mol. The van der Waals surface area contributed by atoms with Crippen LogP contribution < -0.4 is 5.73 Å². The molecule has 0 radical (unpaired) electrons. The Labute approximate surface area is 114 Å². The zero-order chi connectivity index (χ0) is 12.7.